The van der Waals surface area contributed by atoms with Crippen molar-refractivity contribution in [1.82, 2.24) is 0 Å². The van der Waals surface area contributed by atoms with E-state index in [2.05, 4.69) is 13.8 Å². The average Bonchev–Trinajstić information content (AvgIpc) is 3.34. The molecule has 0 aromatic rings. The molecule has 8 atom stereocenters. The number of hydrogen-bond donors (Lipinski definition) is 6. The van der Waals surface area contributed by atoms with Crippen LogP contribution in [0.1, 0.15) is 290 Å². The number of ether oxygens (including phenoxy) is 2. The zero-order chi connectivity index (χ0) is 51.3. The third-order valence-electron chi connectivity index (χ3n) is 14.2. The zero-order valence-electron chi connectivity index (χ0n) is 44.8. The summed E-state index contributed by atoms with van der Waals surface area (Å²) in [7, 11) is -5.12. The van der Waals surface area contributed by atoms with E-state index >= 15 is 0 Å². The summed E-state index contributed by atoms with van der Waals surface area (Å²) in [6, 6.07) is 0. The summed E-state index contributed by atoms with van der Waals surface area (Å²) in [4.78, 5) is 36.0. The topological polar surface area (TPSA) is 210 Å². The molecule has 70 heavy (non-hydrogen) atoms. The van der Waals surface area contributed by atoms with Crippen molar-refractivity contribution in [3.05, 3.63) is 0 Å². The van der Waals surface area contributed by atoms with E-state index in [4.69, 9.17) is 18.5 Å². The van der Waals surface area contributed by atoms with Gasteiger partial charge in [0.2, 0.25) is 0 Å². The van der Waals surface area contributed by atoms with Crippen molar-refractivity contribution in [3.8, 4) is 0 Å². The van der Waals surface area contributed by atoms with Crippen LogP contribution in [0, 0.1) is 0 Å². The number of carbonyl (C=O) groups is 2. The number of carbonyl (C=O) groups excluding carboxylic acids is 2. The standard InChI is InChI=1S/C56H109O13P/c1-3-5-7-9-11-13-15-17-19-21-23-24-25-27-29-31-33-35-37-39-41-43-45-50(58)68-48(47-67-70(64,65)69-56-54(62)52(60)51(59)53(61)55(56)63)46-66-49(57)44-42-40-38-36-34-32-30-28-26-22-20-18-16-14-12-10-8-6-4-2/h48,51-56,59-63H,3-47H2,1-2H3,(H,64,65)/t48-,51?,52-,53?,54?,55?,56?/m1/s1. The number of aliphatic hydroxyl groups excluding tert-OH is 5. The van der Waals surface area contributed by atoms with Crippen molar-refractivity contribution < 1.29 is 63.1 Å². The van der Waals surface area contributed by atoms with E-state index in [9.17, 15) is 44.6 Å². The first-order valence-corrected chi connectivity index (χ1v) is 30.8. The molecular weight excluding hydrogens is 912 g/mol. The van der Waals surface area contributed by atoms with Gasteiger partial charge < -0.3 is 39.9 Å². The molecule has 6 N–H and O–H groups in total. The SMILES string of the molecule is CCCCCCCCCCCCCCCCCCCCCCCCC(=O)O[C@H](COC(=O)CCCCCCCCCCCCCCCCCCCCC)COP(=O)(O)OC1C(O)C(O)C(O)[C@@H](O)C1O. The number of unbranched alkanes of at least 4 members (excludes halogenated alkanes) is 39. The number of hydrogen-bond acceptors (Lipinski definition) is 12. The zero-order valence-corrected chi connectivity index (χ0v) is 45.7. The van der Waals surface area contributed by atoms with Gasteiger partial charge in [0.05, 0.1) is 6.61 Å². The van der Waals surface area contributed by atoms with Crippen LogP contribution in [0.2, 0.25) is 0 Å². The lowest BCUT2D eigenvalue weighted by Gasteiger charge is -2.41. The smallest absolute Gasteiger partial charge is 0.462 e. The van der Waals surface area contributed by atoms with E-state index in [1.807, 2.05) is 0 Å². The minimum absolute atomic E-state index is 0.106. The van der Waals surface area contributed by atoms with Gasteiger partial charge in [-0.25, -0.2) is 4.57 Å². The van der Waals surface area contributed by atoms with Crippen molar-refractivity contribution in [2.75, 3.05) is 13.2 Å². The minimum atomic E-state index is -5.12. The highest BCUT2D eigenvalue weighted by Crippen LogP contribution is 2.47. The van der Waals surface area contributed by atoms with Gasteiger partial charge in [-0.2, -0.15) is 0 Å². The van der Waals surface area contributed by atoms with Crippen LogP contribution in [-0.4, -0.2) is 98.3 Å². The van der Waals surface area contributed by atoms with Gasteiger partial charge in [0, 0.05) is 12.8 Å². The van der Waals surface area contributed by atoms with Crippen molar-refractivity contribution >= 4 is 19.8 Å². The van der Waals surface area contributed by atoms with E-state index in [1.54, 1.807) is 0 Å². The van der Waals surface area contributed by atoms with Crippen LogP contribution < -0.4 is 0 Å². The summed E-state index contributed by atoms with van der Waals surface area (Å²) in [5, 5.41) is 50.4. The highest BCUT2D eigenvalue weighted by Gasteiger charge is 2.51. The summed E-state index contributed by atoms with van der Waals surface area (Å²) in [6.07, 6.45) is 38.6. The predicted molar refractivity (Wildman–Crippen MR) is 281 cm³/mol. The molecule has 1 fully saturated rings. The highest BCUT2D eigenvalue weighted by atomic mass is 31.2. The van der Waals surface area contributed by atoms with Gasteiger partial charge in [-0.15, -0.1) is 0 Å². The monoisotopic (exact) mass is 1020 g/mol. The lowest BCUT2D eigenvalue weighted by atomic mass is 9.85. The Morgan fingerprint density at radius 3 is 0.943 bits per heavy atom. The van der Waals surface area contributed by atoms with E-state index in [1.165, 1.54) is 212 Å². The van der Waals surface area contributed by atoms with Gasteiger partial charge in [0.1, 0.15) is 43.2 Å². The molecule has 13 nitrogen and oxygen atoms in total. The number of phosphoric ester groups is 1. The molecule has 0 aromatic heterocycles. The minimum Gasteiger partial charge on any atom is -0.462 e. The van der Waals surface area contributed by atoms with Crippen LogP contribution in [-0.2, 0) is 32.7 Å². The fraction of sp³-hybridized carbons (Fsp3) is 0.964. The summed E-state index contributed by atoms with van der Waals surface area (Å²) < 4.78 is 33.8. The molecular formula is C56H109O13P. The van der Waals surface area contributed by atoms with Crippen molar-refractivity contribution in [1.29, 1.82) is 0 Å². The van der Waals surface area contributed by atoms with Gasteiger partial charge in [0.15, 0.2) is 6.10 Å². The van der Waals surface area contributed by atoms with Crippen LogP contribution in [0.25, 0.3) is 0 Å². The Morgan fingerprint density at radius 2 is 0.643 bits per heavy atom. The Balaban J connectivity index is 2.31. The molecule has 1 aliphatic rings. The molecule has 1 aliphatic carbocycles. The van der Waals surface area contributed by atoms with Crippen molar-refractivity contribution in [2.24, 2.45) is 0 Å². The van der Waals surface area contributed by atoms with E-state index in [0.29, 0.717) is 12.8 Å². The lowest BCUT2D eigenvalue weighted by Crippen LogP contribution is -2.64. The van der Waals surface area contributed by atoms with Gasteiger partial charge >= 0.3 is 19.8 Å². The maximum atomic E-state index is 12.9. The fourth-order valence-corrected chi connectivity index (χ4v) is 10.5. The second-order valence-electron chi connectivity index (χ2n) is 20.9. The molecule has 1 saturated carbocycles. The third kappa shape index (κ3) is 37.6. The first-order valence-electron chi connectivity index (χ1n) is 29.3. The summed E-state index contributed by atoms with van der Waals surface area (Å²) in [5.74, 6) is -1.07. The first-order chi connectivity index (χ1) is 33.9. The Bertz CT molecular complexity index is 1230. The van der Waals surface area contributed by atoms with Gasteiger partial charge in [-0.1, -0.05) is 264 Å². The largest absolute Gasteiger partial charge is 0.472 e. The molecule has 6 unspecified atom stereocenters. The molecule has 0 aliphatic heterocycles. The Hall–Kier alpha value is -1.15. The van der Waals surface area contributed by atoms with E-state index in [0.717, 1.165) is 38.5 Å². The van der Waals surface area contributed by atoms with Gasteiger partial charge in [-0.05, 0) is 12.8 Å². The third-order valence-corrected chi connectivity index (χ3v) is 15.2. The van der Waals surface area contributed by atoms with Gasteiger partial charge in [-0.3, -0.25) is 18.6 Å². The van der Waals surface area contributed by atoms with Gasteiger partial charge in [0.25, 0.3) is 0 Å². The molecule has 0 spiro atoms. The normalized spacial score (nSPS) is 20.6. The van der Waals surface area contributed by atoms with Crippen LogP contribution in [0.3, 0.4) is 0 Å². The van der Waals surface area contributed by atoms with E-state index < -0.39 is 75.7 Å². The number of phosphoric acid groups is 1. The molecule has 1 rings (SSSR count). The molecule has 0 saturated heterocycles. The van der Waals surface area contributed by atoms with Crippen molar-refractivity contribution in [3.63, 3.8) is 0 Å². The van der Waals surface area contributed by atoms with Crippen LogP contribution in [0.5, 0.6) is 0 Å². The van der Waals surface area contributed by atoms with Crippen LogP contribution in [0.15, 0.2) is 0 Å². The molecule has 0 aromatic carbocycles. The molecule has 14 heteroatoms. The Labute approximate surface area is 427 Å². The summed E-state index contributed by atoms with van der Waals surface area (Å²) >= 11 is 0. The van der Waals surface area contributed by atoms with Crippen LogP contribution in [0.4, 0.5) is 0 Å². The maximum Gasteiger partial charge on any atom is 0.472 e. The summed E-state index contributed by atoms with van der Waals surface area (Å²) in [6.45, 7) is 3.38. The Kier molecular flexibility index (Phi) is 44.3. The number of rotatable bonds is 51. The second-order valence-corrected chi connectivity index (χ2v) is 22.3. The summed E-state index contributed by atoms with van der Waals surface area (Å²) in [5.41, 5.74) is 0. The van der Waals surface area contributed by atoms with E-state index in [-0.39, 0.29) is 12.8 Å². The van der Waals surface area contributed by atoms with Crippen LogP contribution >= 0.6 is 7.82 Å². The average molecular weight is 1020 g/mol. The second kappa shape index (κ2) is 46.4. The predicted octanol–water partition coefficient (Wildman–Crippen LogP) is 13.6. The number of esters is 2. The molecule has 0 amide bonds. The maximum absolute atomic E-state index is 12.9. The highest BCUT2D eigenvalue weighted by molar-refractivity contribution is 7.47. The first kappa shape index (κ1) is 66.9. The molecule has 416 valence electrons. The number of aliphatic hydroxyl groups is 5. The van der Waals surface area contributed by atoms with Crippen molar-refractivity contribution in [2.45, 2.75) is 333 Å². The quantitative estimate of drug-likeness (QED) is 0.0191. The molecule has 0 bridgehead atoms. The fourth-order valence-electron chi connectivity index (χ4n) is 9.53. The Morgan fingerprint density at radius 1 is 0.386 bits per heavy atom. The molecule has 0 heterocycles. The molecule has 0 radical (unpaired) electrons. The lowest BCUT2D eigenvalue weighted by molar-refractivity contribution is -0.220.